The van der Waals surface area contributed by atoms with Gasteiger partial charge in [0, 0.05) is 31.1 Å². The van der Waals surface area contributed by atoms with E-state index in [1.165, 1.54) is 4.90 Å². The molecule has 0 aliphatic rings. The number of ketones is 1. The predicted octanol–water partition coefficient (Wildman–Crippen LogP) is 3.76. The van der Waals surface area contributed by atoms with Gasteiger partial charge in [-0.2, -0.15) is 0 Å². The van der Waals surface area contributed by atoms with Crippen LogP contribution in [-0.4, -0.2) is 42.7 Å². The molecular weight excluding hydrogens is 368 g/mol. The first-order chi connectivity index (χ1) is 13.8. The second-order valence-electron chi connectivity index (χ2n) is 7.00. The summed E-state index contributed by atoms with van der Waals surface area (Å²) >= 11 is 0. The Hall–Kier alpha value is -3.15. The second-order valence-corrected chi connectivity index (χ2v) is 7.00. The molecule has 2 aromatic carbocycles. The number of benzene rings is 2. The van der Waals surface area contributed by atoms with Gasteiger partial charge in [0.2, 0.25) is 11.8 Å². The van der Waals surface area contributed by atoms with Gasteiger partial charge < -0.3 is 15.0 Å². The number of carbonyl (C=O) groups excluding carboxylic acids is 3. The summed E-state index contributed by atoms with van der Waals surface area (Å²) < 4.78 is 5.35. The number of Topliss-reactive ketones (excluding diaryl/α,β-unsaturated/α-hetero) is 1. The van der Waals surface area contributed by atoms with E-state index in [1.54, 1.807) is 31.3 Å². The number of hydrogen-bond acceptors (Lipinski definition) is 4. The minimum absolute atomic E-state index is 0.0549. The number of ether oxygens (including phenoxy) is 1. The third kappa shape index (κ3) is 6.75. The summed E-state index contributed by atoms with van der Waals surface area (Å²) in [6.07, 6.45) is 0.148. The zero-order valence-corrected chi connectivity index (χ0v) is 17.5. The first-order valence-corrected chi connectivity index (χ1v) is 9.67. The van der Waals surface area contributed by atoms with Gasteiger partial charge in [-0.05, 0) is 62.2 Å². The minimum atomic E-state index is -0.271. The van der Waals surface area contributed by atoms with E-state index in [9.17, 15) is 14.4 Å². The zero-order chi connectivity index (χ0) is 21.4. The fourth-order valence-corrected chi connectivity index (χ4v) is 2.82. The average Bonchev–Trinajstić information content (AvgIpc) is 2.69. The van der Waals surface area contributed by atoms with Gasteiger partial charge in [-0.15, -0.1) is 0 Å². The van der Waals surface area contributed by atoms with E-state index in [4.69, 9.17) is 4.74 Å². The Morgan fingerprint density at radius 2 is 1.69 bits per heavy atom. The molecule has 1 N–H and O–H groups in total. The Bertz CT molecular complexity index is 875. The van der Waals surface area contributed by atoms with Gasteiger partial charge >= 0.3 is 0 Å². The molecule has 6 nitrogen and oxygen atoms in total. The van der Waals surface area contributed by atoms with Crippen molar-refractivity contribution >= 4 is 23.3 Å². The molecule has 29 heavy (non-hydrogen) atoms. The van der Waals surface area contributed by atoms with Crippen molar-refractivity contribution in [2.75, 3.05) is 25.5 Å². The molecule has 0 heterocycles. The van der Waals surface area contributed by atoms with Crippen LogP contribution in [-0.2, 0) is 9.59 Å². The Balaban J connectivity index is 1.82. The Labute approximate surface area is 171 Å². The summed E-state index contributed by atoms with van der Waals surface area (Å²) in [6.45, 7) is 6.25. The van der Waals surface area contributed by atoms with Crippen molar-refractivity contribution in [3.05, 3.63) is 59.2 Å². The van der Waals surface area contributed by atoms with E-state index >= 15 is 0 Å². The number of rotatable bonds is 9. The number of carbonyl (C=O) groups is 3. The van der Waals surface area contributed by atoms with Crippen molar-refractivity contribution in [2.24, 2.45) is 0 Å². The number of nitrogens with zero attached hydrogens (tertiary/aromatic N) is 1. The highest BCUT2D eigenvalue weighted by atomic mass is 16.5. The second kappa shape index (κ2) is 10.4. The molecule has 6 heteroatoms. The topological polar surface area (TPSA) is 75.7 Å². The molecule has 0 aliphatic heterocycles. The lowest BCUT2D eigenvalue weighted by molar-refractivity contribution is -0.133. The van der Waals surface area contributed by atoms with Crippen molar-refractivity contribution < 1.29 is 19.1 Å². The van der Waals surface area contributed by atoms with E-state index in [1.807, 2.05) is 39.0 Å². The van der Waals surface area contributed by atoms with E-state index in [0.717, 1.165) is 16.8 Å². The largest absolute Gasteiger partial charge is 0.494 e. The van der Waals surface area contributed by atoms with E-state index in [-0.39, 0.29) is 37.0 Å². The van der Waals surface area contributed by atoms with E-state index < -0.39 is 0 Å². The predicted molar refractivity (Wildman–Crippen MR) is 113 cm³/mol. The molecule has 2 amide bonds. The summed E-state index contributed by atoms with van der Waals surface area (Å²) in [7, 11) is 1.56. The number of aryl methyl sites for hydroxylation is 2. The van der Waals surface area contributed by atoms with Gasteiger partial charge in [0.25, 0.3) is 0 Å². The number of hydrogen-bond donors (Lipinski definition) is 1. The van der Waals surface area contributed by atoms with Crippen LogP contribution in [0.25, 0.3) is 0 Å². The average molecular weight is 396 g/mol. The lowest BCUT2D eigenvalue weighted by atomic mass is 10.1. The van der Waals surface area contributed by atoms with Crippen molar-refractivity contribution in [3.63, 3.8) is 0 Å². The van der Waals surface area contributed by atoms with Gasteiger partial charge in [0.15, 0.2) is 5.78 Å². The Morgan fingerprint density at radius 3 is 2.34 bits per heavy atom. The van der Waals surface area contributed by atoms with Crippen LogP contribution in [0.1, 0.15) is 41.3 Å². The van der Waals surface area contributed by atoms with Crippen LogP contribution in [0.5, 0.6) is 5.75 Å². The molecule has 0 unspecified atom stereocenters. The molecule has 2 aromatic rings. The lowest BCUT2D eigenvalue weighted by Gasteiger charge is -2.17. The van der Waals surface area contributed by atoms with Crippen LogP contribution in [0, 0.1) is 13.8 Å². The van der Waals surface area contributed by atoms with Crippen molar-refractivity contribution in [2.45, 2.75) is 33.6 Å². The van der Waals surface area contributed by atoms with Crippen LogP contribution in [0.2, 0.25) is 0 Å². The van der Waals surface area contributed by atoms with Crippen LogP contribution < -0.4 is 10.1 Å². The SMILES string of the molecule is CCOc1ccc(C(=O)CCC(=O)N(C)CC(=O)Nc2cc(C)ccc2C)cc1. The Kier molecular flexibility index (Phi) is 7.95. The first kappa shape index (κ1) is 22.1. The molecule has 0 fully saturated rings. The van der Waals surface area contributed by atoms with Gasteiger partial charge in [-0.3, -0.25) is 14.4 Å². The van der Waals surface area contributed by atoms with Crippen molar-refractivity contribution in [3.8, 4) is 5.75 Å². The van der Waals surface area contributed by atoms with Crippen LogP contribution >= 0.6 is 0 Å². The maximum absolute atomic E-state index is 12.3. The lowest BCUT2D eigenvalue weighted by Crippen LogP contribution is -2.35. The normalized spacial score (nSPS) is 10.3. The quantitative estimate of drug-likeness (QED) is 0.655. The number of nitrogens with one attached hydrogen (secondary N) is 1. The summed E-state index contributed by atoms with van der Waals surface area (Å²) in [5.41, 5.74) is 3.28. The molecule has 0 atom stereocenters. The monoisotopic (exact) mass is 396 g/mol. The molecular formula is C23H28N2O4. The summed E-state index contributed by atoms with van der Waals surface area (Å²) in [5, 5.41) is 2.83. The number of amides is 2. The molecule has 0 radical (unpaired) electrons. The van der Waals surface area contributed by atoms with Crippen LogP contribution in [0.4, 0.5) is 5.69 Å². The molecule has 0 spiro atoms. The molecule has 2 rings (SSSR count). The highest BCUT2D eigenvalue weighted by Gasteiger charge is 2.16. The maximum atomic E-state index is 12.3. The molecule has 0 saturated heterocycles. The van der Waals surface area contributed by atoms with Crippen LogP contribution in [0.15, 0.2) is 42.5 Å². The maximum Gasteiger partial charge on any atom is 0.243 e. The molecule has 0 aromatic heterocycles. The molecule has 0 saturated carbocycles. The fraction of sp³-hybridized carbons (Fsp3) is 0.348. The van der Waals surface area contributed by atoms with Crippen molar-refractivity contribution in [1.29, 1.82) is 0 Å². The third-order valence-electron chi connectivity index (χ3n) is 4.53. The first-order valence-electron chi connectivity index (χ1n) is 9.67. The van der Waals surface area contributed by atoms with Crippen molar-refractivity contribution in [1.82, 2.24) is 4.90 Å². The minimum Gasteiger partial charge on any atom is -0.494 e. The number of likely N-dealkylation sites (N-methyl/N-ethyl adjacent to an activating group) is 1. The highest BCUT2D eigenvalue weighted by Crippen LogP contribution is 2.17. The zero-order valence-electron chi connectivity index (χ0n) is 17.5. The van der Waals surface area contributed by atoms with Gasteiger partial charge in [-0.25, -0.2) is 0 Å². The van der Waals surface area contributed by atoms with E-state index in [2.05, 4.69) is 5.32 Å². The molecule has 0 bridgehead atoms. The third-order valence-corrected chi connectivity index (χ3v) is 4.53. The smallest absolute Gasteiger partial charge is 0.243 e. The van der Waals surface area contributed by atoms with Gasteiger partial charge in [-0.1, -0.05) is 12.1 Å². The molecule has 0 aliphatic carbocycles. The van der Waals surface area contributed by atoms with Gasteiger partial charge in [0.1, 0.15) is 5.75 Å². The Morgan fingerprint density at radius 1 is 1.00 bits per heavy atom. The van der Waals surface area contributed by atoms with Gasteiger partial charge in [0.05, 0.1) is 13.2 Å². The molecule has 154 valence electrons. The van der Waals surface area contributed by atoms with Crippen LogP contribution in [0.3, 0.4) is 0 Å². The summed E-state index contributed by atoms with van der Waals surface area (Å²) in [5.74, 6) is 0.0668. The fourth-order valence-electron chi connectivity index (χ4n) is 2.82. The highest BCUT2D eigenvalue weighted by molar-refractivity contribution is 5.99. The summed E-state index contributed by atoms with van der Waals surface area (Å²) in [4.78, 5) is 38.2. The number of anilines is 1. The summed E-state index contributed by atoms with van der Waals surface area (Å²) in [6, 6.07) is 12.7. The van der Waals surface area contributed by atoms with E-state index in [0.29, 0.717) is 17.9 Å². The standard InChI is InChI=1S/C23H28N2O4/c1-5-29-19-10-8-18(9-11-19)21(26)12-13-23(28)25(4)15-22(27)24-20-14-16(2)6-7-17(20)3/h6-11,14H,5,12-13,15H2,1-4H3,(H,24,27).